The van der Waals surface area contributed by atoms with Crippen LogP contribution in [0.2, 0.25) is 0 Å². The van der Waals surface area contributed by atoms with Crippen LogP contribution in [0.5, 0.6) is 11.5 Å². The fraction of sp³-hybridized carbons (Fsp3) is 0.0769. The number of halogens is 3. The Kier molecular flexibility index (Phi) is 5.43. The number of anilines is 1. The predicted molar refractivity (Wildman–Crippen MR) is 124 cm³/mol. The first kappa shape index (κ1) is 23.0. The number of aliphatic hydroxyl groups is 1. The van der Waals surface area contributed by atoms with Gasteiger partial charge in [0.2, 0.25) is 0 Å². The molecule has 0 aliphatic carbocycles. The number of para-hydroxylation sites is 1. The molecule has 3 N–H and O–H groups in total. The molecule has 1 unspecified atom stereocenters. The number of amides is 1. The number of benzene rings is 3. The molecule has 1 atom stereocenters. The van der Waals surface area contributed by atoms with E-state index in [1.54, 1.807) is 24.3 Å². The fourth-order valence-electron chi connectivity index (χ4n) is 4.29. The van der Waals surface area contributed by atoms with Crippen molar-refractivity contribution in [2.75, 3.05) is 4.90 Å². The van der Waals surface area contributed by atoms with Crippen molar-refractivity contribution in [2.24, 2.45) is 0 Å². The number of ketones is 1. The molecule has 1 saturated heterocycles. The van der Waals surface area contributed by atoms with Crippen molar-refractivity contribution in [2.45, 2.75) is 12.4 Å². The molecule has 1 aliphatic heterocycles. The van der Waals surface area contributed by atoms with Gasteiger partial charge in [-0.2, -0.15) is 0 Å². The predicted octanol–water partition coefficient (Wildman–Crippen LogP) is 5.40. The second-order valence-corrected chi connectivity index (χ2v) is 8.05. The summed E-state index contributed by atoms with van der Waals surface area (Å²) >= 11 is 0. The number of aromatic hydroxyl groups is 1. The average molecular weight is 494 g/mol. The number of hydrogen-bond donors (Lipinski definition) is 3. The second-order valence-electron chi connectivity index (χ2n) is 8.05. The number of carbonyl (C=O) groups is 2. The lowest BCUT2D eigenvalue weighted by Crippen LogP contribution is -2.29. The lowest BCUT2D eigenvalue weighted by Gasteiger charge is -2.25. The Labute approximate surface area is 201 Å². The molecule has 1 amide bonds. The Hall–Kier alpha value is -4.73. The Morgan fingerprint density at radius 1 is 0.944 bits per heavy atom. The zero-order valence-corrected chi connectivity index (χ0v) is 18.3. The van der Waals surface area contributed by atoms with E-state index in [4.69, 9.17) is 0 Å². The zero-order valence-electron chi connectivity index (χ0n) is 18.3. The van der Waals surface area contributed by atoms with Gasteiger partial charge in [0, 0.05) is 28.4 Å². The number of H-pyrrole nitrogens is 1. The third-order valence-electron chi connectivity index (χ3n) is 5.85. The van der Waals surface area contributed by atoms with Gasteiger partial charge in [0.1, 0.15) is 17.3 Å². The number of carbonyl (C=O) groups excluding carboxylic acids is 2. The quantitative estimate of drug-likeness (QED) is 0.200. The smallest absolute Gasteiger partial charge is 0.508 e. The topological polar surface area (TPSA) is 103 Å². The van der Waals surface area contributed by atoms with Crippen LogP contribution >= 0.6 is 0 Å². The van der Waals surface area contributed by atoms with Crippen LogP contribution in [0.3, 0.4) is 0 Å². The van der Waals surface area contributed by atoms with E-state index in [9.17, 15) is 33.0 Å². The number of alkyl halides is 3. The van der Waals surface area contributed by atoms with E-state index < -0.39 is 35.6 Å². The van der Waals surface area contributed by atoms with Crippen molar-refractivity contribution in [3.63, 3.8) is 0 Å². The molecule has 10 heteroatoms. The summed E-state index contributed by atoms with van der Waals surface area (Å²) in [6, 6.07) is 16.1. The largest absolute Gasteiger partial charge is 0.573 e. The molecule has 0 bridgehead atoms. The third kappa shape index (κ3) is 4.02. The number of nitrogens with one attached hydrogen (secondary N) is 1. The molecule has 3 aromatic carbocycles. The highest BCUT2D eigenvalue weighted by Gasteiger charge is 2.47. The van der Waals surface area contributed by atoms with E-state index in [1.165, 1.54) is 42.6 Å². The van der Waals surface area contributed by atoms with E-state index in [-0.39, 0.29) is 17.0 Å². The van der Waals surface area contributed by atoms with Crippen molar-refractivity contribution < 1.29 is 37.7 Å². The summed E-state index contributed by atoms with van der Waals surface area (Å²) < 4.78 is 41.6. The number of phenols is 1. The second kappa shape index (κ2) is 8.49. The van der Waals surface area contributed by atoms with E-state index in [0.29, 0.717) is 22.0 Å². The number of aromatic nitrogens is 1. The van der Waals surface area contributed by atoms with Crippen LogP contribution in [-0.2, 0) is 9.59 Å². The Bertz CT molecular complexity index is 1510. The molecule has 5 rings (SSSR count). The van der Waals surface area contributed by atoms with Crippen molar-refractivity contribution in [3.8, 4) is 11.5 Å². The van der Waals surface area contributed by atoms with Gasteiger partial charge in [-0.1, -0.05) is 30.3 Å². The minimum atomic E-state index is -4.89. The highest BCUT2D eigenvalue weighted by Crippen LogP contribution is 2.43. The highest BCUT2D eigenvalue weighted by atomic mass is 19.4. The molecule has 1 aliphatic rings. The first-order chi connectivity index (χ1) is 17.1. The van der Waals surface area contributed by atoms with Gasteiger partial charge in [0.25, 0.3) is 11.7 Å². The number of nitrogens with zero attached hydrogens (tertiary/aromatic N) is 1. The molecule has 0 saturated carbocycles. The Morgan fingerprint density at radius 2 is 1.61 bits per heavy atom. The van der Waals surface area contributed by atoms with Gasteiger partial charge in [-0.05, 0) is 48.0 Å². The maximum atomic E-state index is 13.2. The number of aliphatic hydroxyl groups excluding tert-OH is 1. The van der Waals surface area contributed by atoms with Gasteiger partial charge in [-0.3, -0.25) is 14.5 Å². The summed E-state index contributed by atoms with van der Waals surface area (Å²) in [6.07, 6.45) is -3.37. The van der Waals surface area contributed by atoms with Crippen LogP contribution < -0.4 is 9.64 Å². The summed E-state index contributed by atoms with van der Waals surface area (Å²) in [4.78, 5) is 30.5. The normalized spacial score (nSPS) is 17.6. The number of fused-ring (bicyclic) bond motifs is 1. The van der Waals surface area contributed by atoms with E-state index in [2.05, 4.69) is 9.72 Å². The Morgan fingerprint density at radius 3 is 2.28 bits per heavy atom. The van der Waals surface area contributed by atoms with Gasteiger partial charge >= 0.3 is 6.36 Å². The third-order valence-corrected chi connectivity index (χ3v) is 5.85. The number of aromatic amines is 1. The summed E-state index contributed by atoms with van der Waals surface area (Å²) in [5.41, 5.74) is 1.31. The van der Waals surface area contributed by atoms with Gasteiger partial charge in [0.15, 0.2) is 0 Å². The van der Waals surface area contributed by atoms with E-state index >= 15 is 0 Å². The van der Waals surface area contributed by atoms with Crippen molar-refractivity contribution in [1.82, 2.24) is 4.98 Å². The number of Topliss-reactive ketones (excluding diaryl/α,β-unsaturated/α-hetero) is 1. The lowest BCUT2D eigenvalue weighted by molar-refractivity contribution is -0.274. The molecule has 0 spiro atoms. The molecule has 182 valence electrons. The van der Waals surface area contributed by atoms with Gasteiger partial charge in [-0.15, -0.1) is 13.2 Å². The highest BCUT2D eigenvalue weighted by molar-refractivity contribution is 6.51. The minimum absolute atomic E-state index is 0.0546. The standard InChI is InChI=1S/C26H17F3N2O5/c27-26(28,29)36-17-11-7-15(8-12-17)31-22(14-5-9-16(32)10-6-14)21(24(34)25(31)35)23(33)19-13-30-20-4-2-1-3-18(19)20/h1-13,22,30,32-33H/b23-21-. The molecular formula is C26H17F3N2O5. The van der Waals surface area contributed by atoms with Crippen LogP contribution in [-0.4, -0.2) is 33.2 Å². The SMILES string of the molecule is O=C1C(=O)N(c2ccc(OC(F)(F)F)cc2)C(c2ccc(O)cc2)/C1=C(/O)c1c[nH]c2ccccc12. The number of hydrogen-bond acceptors (Lipinski definition) is 5. The molecule has 36 heavy (non-hydrogen) atoms. The molecule has 1 aromatic heterocycles. The first-order valence-electron chi connectivity index (χ1n) is 10.7. The van der Waals surface area contributed by atoms with Crippen LogP contribution in [0.4, 0.5) is 18.9 Å². The van der Waals surface area contributed by atoms with Gasteiger partial charge in [0.05, 0.1) is 11.6 Å². The van der Waals surface area contributed by atoms with Crippen LogP contribution in [0, 0.1) is 0 Å². The molecule has 0 radical (unpaired) electrons. The molecule has 1 fully saturated rings. The number of phenolic OH excluding ortho intramolecular Hbond substituents is 1. The number of ether oxygens (including phenoxy) is 1. The summed E-state index contributed by atoms with van der Waals surface area (Å²) in [5, 5.41) is 21.6. The van der Waals surface area contributed by atoms with Crippen molar-refractivity contribution in [1.29, 1.82) is 0 Å². The Balaban J connectivity index is 1.66. The van der Waals surface area contributed by atoms with Crippen LogP contribution in [0.25, 0.3) is 16.7 Å². The lowest BCUT2D eigenvalue weighted by atomic mass is 9.95. The van der Waals surface area contributed by atoms with Gasteiger partial charge < -0.3 is 19.9 Å². The molecular weight excluding hydrogens is 477 g/mol. The van der Waals surface area contributed by atoms with E-state index in [1.807, 2.05) is 0 Å². The zero-order chi connectivity index (χ0) is 25.6. The van der Waals surface area contributed by atoms with Crippen LogP contribution in [0.1, 0.15) is 17.2 Å². The average Bonchev–Trinajstić information content (AvgIpc) is 3.38. The maximum absolute atomic E-state index is 13.2. The van der Waals surface area contributed by atoms with Crippen molar-refractivity contribution in [3.05, 3.63) is 95.7 Å². The summed E-state index contributed by atoms with van der Waals surface area (Å²) in [5.74, 6) is -2.90. The van der Waals surface area contributed by atoms with E-state index in [0.717, 1.165) is 17.0 Å². The van der Waals surface area contributed by atoms with Gasteiger partial charge in [-0.25, -0.2) is 0 Å². The monoisotopic (exact) mass is 494 g/mol. The molecule has 2 heterocycles. The van der Waals surface area contributed by atoms with Crippen LogP contribution in [0.15, 0.2) is 84.6 Å². The summed E-state index contributed by atoms with van der Waals surface area (Å²) in [6.45, 7) is 0. The summed E-state index contributed by atoms with van der Waals surface area (Å²) in [7, 11) is 0. The number of rotatable bonds is 4. The van der Waals surface area contributed by atoms with Crippen molar-refractivity contribution >= 4 is 34.0 Å². The first-order valence-corrected chi connectivity index (χ1v) is 10.7. The maximum Gasteiger partial charge on any atom is 0.573 e. The molecule has 7 nitrogen and oxygen atoms in total. The minimum Gasteiger partial charge on any atom is -0.508 e. The molecule has 4 aromatic rings. The fourth-order valence-corrected chi connectivity index (χ4v) is 4.29.